The van der Waals surface area contributed by atoms with Crippen LogP contribution in [0.5, 0.6) is 0 Å². The van der Waals surface area contributed by atoms with Crippen LogP contribution in [-0.2, 0) is 9.47 Å². The van der Waals surface area contributed by atoms with Crippen LogP contribution >= 0.6 is 0 Å². The molecule has 0 bridgehead atoms. The van der Waals surface area contributed by atoms with Crippen LogP contribution in [0.1, 0.15) is 13.8 Å². The highest BCUT2D eigenvalue weighted by Gasteiger charge is 2.28. The van der Waals surface area contributed by atoms with E-state index in [1.54, 1.807) is 6.26 Å². The van der Waals surface area contributed by atoms with Gasteiger partial charge in [-0.25, -0.2) is 0 Å². The molecular formula is C10H18N2O2. The molecule has 0 radical (unpaired) electrons. The fourth-order valence-corrected chi connectivity index (χ4v) is 1.73. The monoisotopic (exact) mass is 198 g/mol. The largest absolute Gasteiger partial charge is 0.457 e. The van der Waals surface area contributed by atoms with Crippen molar-refractivity contribution in [2.45, 2.75) is 19.6 Å². The molecule has 1 saturated heterocycles. The van der Waals surface area contributed by atoms with Crippen molar-refractivity contribution < 1.29 is 9.47 Å². The molecular weight excluding hydrogens is 180 g/mol. The molecule has 0 amide bonds. The second kappa shape index (κ2) is 3.79. The molecule has 1 N–H and O–H groups in total. The molecule has 2 heterocycles. The Morgan fingerprint density at radius 1 is 1.43 bits per heavy atom. The van der Waals surface area contributed by atoms with Crippen LogP contribution in [0.4, 0.5) is 0 Å². The Morgan fingerprint density at radius 3 is 2.71 bits per heavy atom. The molecule has 4 nitrogen and oxygen atoms in total. The van der Waals surface area contributed by atoms with Crippen LogP contribution < -0.4 is 5.32 Å². The third-order valence-electron chi connectivity index (χ3n) is 2.44. The first-order valence-electron chi connectivity index (χ1n) is 5.15. The Morgan fingerprint density at radius 2 is 2.14 bits per heavy atom. The van der Waals surface area contributed by atoms with E-state index < -0.39 is 5.79 Å². The number of piperazine rings is 1. The predicted molar refractivity (Wildman–Crippen MR) is 53.6 cm³/mol. The summed E-state index contributed by atoms with van der Waals surface area (Å²) in [6.45, 7) is 9.02. The summed E-state index contributed by atoms with van der Waals surface area (Å²) in [5, 5.41) is 3.32. The van der Waals surface area contributed by atoms with Crippen LogP contribution in [-0.4, -0.2) is 43.4 Å². The standard InChI is InChI=1S/C10H18N2O2/c1-10(2)13-8-9(14-10)7-12-5-3-11-4-6-12/h8,11H,3-7H2,1-2H3. The van der Waals surface area contributed by atoms with Crippen molar-refractivity contribution in [1.82, 2.24) is 10.2 Å². The van der Waals surface area contributed by atoms with Gasteiger partial charge in [0.2, 0.25) is 5.79 Å². The summed E-state index contributed by atoms with van der Waals surface area (Å²) in [5.41, 5.74) is 0. The molecule has 1 fully saturated rings. The molecule has 0 aliphatic carbocycles. The number of rotatable bonds is 2. The minimum absolute atomic E-state index is 0.469. The first-order valence-corrected chi connectivity index (χ1v) is 5.15. The number of nitrogens with one attached hydrogen (secondary N) is 1. The summed E-state index contributed by atoms with van der Waals surface area (Å²) in [7, 11) is 0. The molecule has 0 aromatic carbocycles. The minimum Gasteiger partial charge on any atom is -0.457 e. The van der Waals surface area contributed by atoms with Gasteiger partial charge in [-0.1, -0.05) is 0 Å². The average molecular weight is 198 g/mol. The Labute approximate surface area is 84.9 Å². The van der Waals surface area contributed by atoms with Gasteiger partial charge in [-0.05, 0) is 0 Å². The van der Waals surface area contributed by atoms with Crippen molar-refractivity contribution in [3.8, 4) is 0 Å². The lowest BCUT2D eigenvalue weighted by Crippen LogP contribution is -2.44. The van der Waals surface area contributed by atoms with Crippen LogP contribution in [0.15, 0.2) is 12.0 Å². The molecule has 2 aliphatic heterocycles. The Bertz CT molecular complexity index is 232. The van der Waals surface area contributed by atoms with E-state index in [-0.39, 0.29) is 0 Å². The molecule has 0 saturated carbocycles. The van der Waals surface area contributed by atoms with E-state index in [9.17, 15) is 0 Å². The van der Waals surface area contributed by atoms with Gasteiger partial charge in [0.1, 0.15) is 12.0 Å². The van der Waals surface area contributed by atoms with E-state index in [2.05, 4.69) is 10.2 Å². The summed E-state index contributed by atoms with van der Waals surface area (Å²) in [4.78, 5) is 2.37. The minimum atomic E-state index is -0.469. The van der Waals surface area contributed by atoms with Gasteiger partial charge in [0.15, 0.2) is 0 Å². The maximum Gasteiger partial charge on any atom is 0.244 e. The highest BCUT2D eigenvalue weighted by molar-refractivity contribution is 4.98. The van der Waals surface area contributed by atoms with E-state index in [1.165, 1.54) is 0 Å². The summed E-state index contributed by atoms with van der Waals surface area (Å²) in [6.07, 6.45) is 1.74. The molecule has 0 unspecified atom stereocenters. The number of hydrogen-bond acceptors (Lipinski definition) is 4. The smallest absolute Gasteiger partial charge is 0.244 e. The van der Waals surface area contributed by atoms with Crippen molar-refractivity contribution in [1.29, 1.82) is 0 Å². The fraction of sp³-hybridized carbons (Fsp3) is 0.800. The van der Waals surface area contributed by atoms with E-state index >= 15 is 0 Å². The van der Waals surface area contributed by atoms with Crippen molar-refractivity contribution >= 4 is 0 Å². The van der Waals surface area contributed by atoms with Crippen LogP contribution in [0, 0.1) is 0 Å². The van der Waals surface area contributed by atoms with Crippen molar-refractivity contribution in [2.24, 2.45) is 0 Å². The highest BCUT2D eigenvalue weighted by atomic mass is 16.7. The molecule has 0 aromatic heterocycles. The van der Waals surface area contributed by atoms with Gasteiger partial charge in [0.25, 0.3) is 0 Å². The Hall–Kier alpha value is -0.740. The Kier molecular flexibility index (Phi) is 2.65. The quantitative estimate of drug-likeness (QED) is 0.701. The zero-order chi connectivity index (χ0) is 10.0. The predicted octanol–water partition coefficient (Wildman–Crippen LogP) is 0.516. The van der Waals surface area contributed by atoms with Crippen LogP contribution in [0.2, 0.25) is 0 Å². The molecule has 14 heavy (non-hydrogen) atoms. The molecule has 0 atom stereocenters. The maximum atomic E-state index is 5.63. The normalized spacial score (nSPS) is 26.6. The maximum absolute atomic E-state index is 5.63. The molecule has 0 spiro atoms. The first kappa shape index (κ1) is 9.80. The number of ether oxygens (including phenoxy) is 2. The van der Waals surface area contributed by atoms with Gasteiger partial charge in [0.05, 0.1) is 6.54 Å². The first-order chi connectivity index (χ1) is 6.66. The van der Waals surface area contributed by atoms with Crippen LogP contribution in [0.25, 0.3) is 0 Å². The summed E-state index contributed by atoms with van der Waals surface area (Å²) >= 11 is 0. The lowest BCUT2D eigenvalue weighted by Gasteiger charge is -2.27. The summed E-state index contributed by atoms with van der Waals surface area (Å²) < 4.78 is 11.0. The van der Waals surface area contributed by atoms with Gasteiger partial charge >= 0.3 is 0 Å². The van der Waals surface area contributed by atoms with E-state index in [0.717, 1.165) is 38.5 Å². The third kappa shape index (κ3) is 2.39. The second-order valence-electron chi connectivity index (χ2n) is 4.23. The SMILES string of the molecule is CC1(C)OC=C(CN2CCNCC2)O1. The van der Waals surface area contributed by atoms with Crippen LogP contribution in [0.3, 0.4) is 0 Å². The topological polar surface area (TPSA) is 33.7 Å². The van der Waals surface area contributed by atoms with Gasteiger partial charge < -0.3 is 14.8 Å². The molecule has 4 heteroatoms. The number of hydrogen-bond donors (Lipinski definition) is 1. The van der Waals surface area contributed by atoms with E-state index in [0.29, 0.717) is 0 Å². The summed E-state index contributed by atoms with van der Waals surface area (Å²) in [5.74, 6) is 0.473. The third-order valence-corrected chi connectivity index (χ3v) is 2.44. The molecule has 2 aliphatic rings. The zero-order valence-electron chi connectivity index (χ0n) is 8.88. The van der Waals surface area contributed by atoms with Gasteiger partial charge in [0, 0.05) is 40.0 Å². The van der Waals surface area contributed by atoms with Gasteiger partial charge in [-0.3, -0.25) is 4.90 Å². The van der Waals surface area contributed by atoms with Gasteiger partial charge in [-0.15, -0.1) is 0 Å². The zero-order valence-corrected chi connectivity index (χ0v) is 8.88. The highest BCUT2D eigenvalue weighted by Crippen LogP contribution is 2.24. The lowest BCUT2D eigenvalue weighted by molar-refractivity contribution is -0.118. The fourth-order valence-electron chi connectivity index (χ4n) is 1.73. The second-order valence-corrected chi connectivity index (χ2v) is 4.23. The van der Waals surface area contributed by atoms with E-state index in [1.807, 2.05) is 13.8 Å². The van der Waals surface area contributed by atoms with Crippen molar-refractivity contribution in [2.75, 3.05) is 32.7 Å². The lowest BCUT2D eigenvalue weighted by atomic mass is 10.3. The average Bonchev–Trinajstić information content (AvgIpc) is 2.47. The van der Waals surface area contributed by atoms with Crippen molar-refractivity contribution in [3.05, 3.63) is 12.0 Å². The number of nitrogens with zero attached hydrogens (tertiary/aromatic N) is 1. The Balaban J connectivity index is 1.80. The van der Waals surface area contributed by atoms with E-state index in [4.69, 9.17) is 9.47 Å². The molecule has 0 aromatic rings. The molecule has 80 valence electrons. The van der Waals surface area contributed by atoms with Gasteiger partial charge in [-0.2, -0.15) is 0 Å². The summed E-state index contributed by atoms with van der Waals surface area (Å²) in [6, 6.07) is 0. The van der Waals surface area contributed by atoms with Crippen molar-refractivity contribution in [3.63, 3.8) is 0 Å². The molecule has 2 rings (SSSR count).